The molecule has 0 aliphatic carbocycles. The number of ether oxygens (including phenoxy) is 2. The molecule has 108 valence electrons. The molecule has 0 saturated heterocycles. The van der Waals surface area contributed by atoms with E-state index in [4.69, 9.17) is 14.6 Å². The van der Waals surface area contributed by atoms with E-state index in [-0.39, 0.29) is 5.56 Å². The maximum Gasteiger partial charge on any atom is 0.335 e. The molecule has 0 heterocycles. The van der Waals surface area contributed by atoms with Gasteiger partial charge in [-0.25, -0.2) is 4.79 Å². The van der Waals surface area contributed by atoms with E-state index in [9.17, 15) is 4.79 Å². The van der Waals surface area contributed by atoms with Crippen molar-refractivity contribution in [1.82, 2.24) is 0 Å². The molecule has 0 aromatic heterocycles. The zero-order valence-corrected chi connectivity index (χ0v) is 11.9. The lowest BCUT2D eigenvalue weighted by molar-refractivity contribution is 0.0697. The Morgan fingerprint density at radius 1 is 0.905 bits per heavy atom. The van der Waals surface area contributed by atoms with Crippen molar-refractivity contribution in [3.05, 3.63) is 59.2 Å². The molecular weight excluding hydrogens is 268 g/mol. The molecule has 0 bridgehead atoms. The van der Waals surface area contributed by atoms with Gasteiger partial charge in [0.1, 0.15) is 0 Å². The summed E-state index contributed by atoms with van der Waals surface area (Å²) in [6.45, 7) is 0. The third-order valence-corrected chi connectivity index (χ3v) is 3.03. The Kier molecular flexibility index (Phi) is 4.61. The van der Waals surface area contributed by atoms with Gasteiger partial charge in [-0.15, -0.1) is 0 Å². The van der Waals surface area contributed by atoms with E-state index in [2.05, 4.69) is 0 Å². The summed E-state index contributed by atoms with van der Waals surface area (Å²) in [5, 5.41) is 8.85. The number of carbonyl (C=O) groups is 1. The van der Waals surface area contributed by atoms with Crippen molar-refractivity contribution in [3.8, 4) is 11.5 Å². The second-order valence-corrected chi connectivity index (χ2v) is 4.37. The first-order chi connectivity index (χ1) is 10.1. The topological polar surface area (TPSA) is 55.8 Å². The highest BCUT2D eigenvalue weighted by Gasteiger charge is 2.03. The molecule has 0 amide bonds. The molecule has 2 aromatic carbocycles. The lowest BCUT2D eigenvalue weighted by atomic mass is 10.1. The van der Waals surface area contributed by atoms with E-state index in [1.807, 2.05) is 30.4 Å². The number of carboxylic acids is 1. The molecule has 4 nitrogen and oxygen atoms in total. The van der Waals surface area contributed by atoms with Crippen LogP contribution in [0.4, 0.5) is 0 Å². The van der Waals surface area contributed by atoms with Crippen molar-refractivity contribution in [2.24, 2.45) is 0 Å². The van der Waals surface area contributed by atoms with Crippen LogP contribution in [0.5, 0.6) is 11.5 Å². The molecule has 0 radical (unpaired) electrons. The smallest absolute Gasteiger partial charge is 0.335 e. The van der Waals surface area contributed by atoms with Crippen LogP contribution in [0.2, 0.25) is 0 Å². The van der Waals surface area contributed by atoms with Gasteiger partial charge in [-0.05, 0) is 35.4 Å². The van der Waals surface area contributed by atoms with Crippen molar-refractivity contribution in [2.75, 3.05) is 14.2 Å². The van der Waals surface area contributed by atoms with E-state index in [1.165, 1.54) is 0 Å². The van der Waals surface area contributed by atoms with Gasteiger partial charge in [0, 0.05) is 0 Å². The van der Waals surface area contributed by atoms with Gasteiger partial charge in [0.2, 0.25) is 0 Å². The quantitative estimate of drug-likeness (QED) is 0.853. The highest BCUT2D eigenvalue weighted by Crippen LogP contribution is 2.28. The maximum absolute atomic E-state index is 10.8. The van der Waals surface area contributed by atoms with Gasteiger partial charge in [-0.1, -0.05) is 30.4 Å². The van der Waals surface area contributed by atoms with Crippen molar-refractivity contribution in [3.63, 3.8) is 0 Å². The fraction of sp³-hybridized carbons (Fsp3) is 0.118. The first kappa shape index (κ1) is 14.7. The predicted octanol–water partition coefficient (Wildman–Crippen LogP) is 3.57. The Labute approximate surface area is 123 Å². The van der Waals surface area contributed by atoms with Gasteiger partial charge in [0.25, 0.3) is 0 Å². The largest absolute Gasteiger partial charge is 0.493 e. The van der Waals surface area contributed by atoms with Crippen LogP contribution in [-0.4, -0.2) is 25.3 Å². The highest BCUT2D eigenvalue weighted by molar-refractivity contribution is 5.88. The van der Waals surface area contributed by atoms with Gasteiger partial charge >= 0.3 is 5.97 Å². The SMILES string of the molecule is COc1ccc(/C=C/c2ccc(C(=O)O)cc2)cc1OC. The molecule has 0 aliphatic rings. The van der Waals surface area contributed by atoms with E-state index in [0.717, 1.165) is 11.1 Å². The van der Waals surface area contributed by atoms with Crippen LogP contribution in [0.25, 0.3) is 12.2 Å². The van der Waals surface area contributed by atoms with E-state index in [0.29, 0.717) is 11.5 Å². The van der Waals surface area contributed by atoms with Gasteiger partial charge < -0.3 is 14.6 Å². The molecule has 21 heavy (non-hydrogen) atoms. The summed E-state index contributed by atoms with van der Waals surface area (Å²) in [4.78, 5) is 10.8. The standard InChI is InChI=1S/C17H16O4/c1-20-15-10-7-13(11-16(15)21-2)4-3-12-5-8-14(9-6-12)17(18)19/h3-11H,1-2H3,(H,18,19)/b4-3+. The average molecular weight is 284 g/mol. The van der Waals surface area contributed by atoms with Crippen molar-refractivity contribution in [2.45, 2.75) is 0 Å². The molecule has 0 spiro atoms. The maximum atomic E-state index is 10.8. The minimum absolute atomic E-state index is 0.276. The molecule has 4 heteroatoms. The minimum atomic E-state index is -0.926. The predicted molar refractivity (Wildman–Crippen MR) is 81.9 cm³/mol. The third kappa shape index (κ3) is 3.63. The highest BCUT2D eigenvalue weighted by atomic mass is 16.5. The summed E-state index contributed by atoms with van der Waals surface area (Å²) in [5.41, 5.74) is 2.17. The Morgan fingerprint density at radius 3 is 2.05 bits per heavy atom. The zero-order valence-electron chi connectivity index (χ0n) is 11.9. The summed E-state index contributed by atoms with van der Waals surface area (Å²) in [6, 6.07) is 12.3. The lowest BCUT2D eigenvalue weighted by Gasteiger charge is -2.07. The lowest BCUT2D eigenvalue weighted by Crippen LogP contribution is -1.94. The van der Waals surface area contributed by atoms with Crippen LogP contribution in [0.1, 0.15) is 21.5 Å². The van der Waals surface area contributed by atoms with Crippen LogP contribution in [0.15, 0.2) is 42.5 Å². The molecule has 2 rings (SSSR count). The Balaban J connectivity index is 2.18. The molecule has 0 atom stereocenters. The number of rotatable bonds is 5. The van der Waals surface area contributed by atoms with Crippen LogP contribution < -0.4 is 9.47 Å². The van der Waals surface area contributed by atoms with Crippen molar-refractivity contribution in [1.29, 1.82) is 0 Å². The Bertz CT molecular complexity index is 657. The average Bonchev–Trinajstić information content (AvgIpc) is 2.52. The van der Waals surface area contributed by atoms with Gasteiger partial charge in [0.05, 0.1) is 19.8 Å². The van der Waals surface area contributed by atoms with Crippen LogP contribution in [-0.2, 0) is 0 Å². The number of methoxy groups -OCH3 is 2. The van der Waals surface area contributed by atoms with Gasteiger partial charge in [0.15, 0.2) is 11.5 Å². The first-order valence-electron chi connectivity index (χ1n) is 6.37. The number of aromatic carboxylic acids is 1. The molecule has 0 unspecified atom stereocenters. The van der Waals surface area contributed by atoms with Crippen LogP contribution in [0, 0.1) is 0 Å². The van der Waals surface area contributed by atoms with E-state index >= 15 is 0 Å². The number of hydrogen-bond donors (Lipinski definition) is 1. The zero-order chi connectivity index (χ0) is 15.2. The summed E-state index contributed by atoms with van der Waals surface area (Å²) >= 11 is 0. The molecular formula is C17H16O4. The fourth-order valence-electron chi connectivity index (χ4n) is 1.89. The van der Waals surface area contributed by atoms with Gasteiger partial charge in [-0.3, -0.25) is 0 Å². The normalized spacial score (nSPS) is 10.6. The first-order valence-corrected chi connectivity index (χ1v) is 6.37. The molecule has 0 fully saturated rings. The van der Waals surface area contributed by atoms with E-state index < -0.39 is 5.97 Å². The molecule has 0 saturated carbocycles. The van der Waals surface area contributed by atoms with Crippen LogP contribution in [0.3, 0.4) is 0 Å². The van der Waals surface area contributed by atoms with Crippen molar-refractivity contribution >= 4 is 18.1 Å². The molecule has 0 aliphatic heterocycles. The van der Waals surface area contributed by atoms with Crippen LogP contribution >= 0.6 is 0 Å². The monoisotopic (exact) mass is 284 g/mol. The third-order valence-electron chi connectivity index (χ3n) is 3.03. The summed E-state index contributed by atoms with van der Waals surface area (Å²) in [6.07, 6.45) is 3.84. The van der Waals surface area contributed by atoms with Gasteiger partial charge in [-0.2, -0.15) is 0 Å². The Hall–Kier alpha value is -2.75. The second kappa shape index (κ2) is 6.61. The summed E-state index contributed by atoms with van der Waals surface area (Å²) in [5.74, 6) is 0.423. The van der Waals surface area contributed by atoms with E-state index in [1.54, 1.807) is 38.5 Å². The number of benzene rings is 2. The molecule has 1 N–H and O–H groups in total. The second-order valence-electron chi connectivity index (χ2n) is 4.37. The van der Waals surface area contributed by atoms with Crippen molar-refractivity contribution < 1.29 is 19.4 Å². The molecule has 2 aromatic rings. The Morgan fingerprint density at radius 2 is 1.48 bits per heavy atom. The minimum Gasteiger partial charge on any atom is -0.493 e. The fourth-order valence-corrected chi connectivity index (χ4v) is 1.89. The summed E-state index contributed by atoms with van der Waals surface area (Å²) in [7, 11) is 3.19. The summed E-state index contributed by atoms with van der Waals surface area (Å²) < 4.78 is 10.4. The number of hydrogen-bond acceptors (Lipinski definition) is 3. The number of carboxylic acid groups (broad SMARTS) is 1.